The van der Waals surface area contributed by atoms with Crippen molar-refractivity contribution in [1.82, 2.24) is 10.3 Å². The van der Waals surface area contributed by atoms with Crippen LogP contribution in [0.5, 0.6) is 0 Å². The minimum Gasteiger partial charge on any atom is -0.313 e. The first kappa shape index (κ1) is 12.9. The summed E-state index contributed by atoms with van der Waals surface area (Å²) >= 11 is 6.84. The maximum Gasteiger partial charge on any atom is 0.0769 e. The first-order valence-corrected chi connectivity index (χ1v) is 6.51. The van der Waals surface area contributed by atoms with E-state index in [0.717, 1.165) is 34.1 Å². The molecule has 0 aliphatic carbocycles. The van der Waals surface area contributed by atoms with E-state index >= 15 is 0 Å². The van der Waals surface area contributed by atoms with Crippen molar-refractivity contribution in [3.05, 3.63) is 33.0 Å². The minimum absolute atomic E-state index is 0.887. The van der Waals surface area contributed by atoms with E-state index in [2.05, 4.69) is 55.2 Å². The first-order valence-electron chi connectivity index (χ1n) is 4.92. The zero-order valence-corrected chi connectivity index (χ0v) is 11.8. The lowest BCUT2D eigenvalue weighted by Gasteiger charge is -1.99. The number of aromatic nitrogens is 1. The monoisotopic (exact) mass is 332 g/mol. The van der Waals surface area contributed by atoms with Gasteiger partial charge >= 0.3 is 0 Å². The van der Waals surface area contributed by atoms with Gasteiger partial charge in [-0.25, -0.2) is 0 Å². The van der Waals surface area contributed by atoms with Gasteiger partial charge in [0, 0.05) is 21.7 Å². The molecule has 15 heavy (non-hydrogen) atoms. The Morgan fingerprint density at radius 2 is 2.27 bits per heavy atom. The van der Waals surface area contributed by atoms with Gasteiger partial charge in [-0.05, 0) is 57.0 Å². The molecular weight excluding hydrogens is 320 g/mol. The van der Waals surface area contributed by atoms with Crippen molar-refractivity contribution in [3.63, 3.8) is 0 Å². The predicted molar refractivity (Wildman–Crippen MR) is 71.8 cm³/mol. The van der Waals surface area contributed by atoms with Gasteiger partial charge in [0.2, 0.25) is 0 Å². The summed E-state index contributed by atoms with van der Waals surface area (Å²) in [6.45, 7) is 4.10. The minimum atomic E-state index is 0.887. The van der Waals surface area contributed by atoms with Crippen LogP contribution in [-0.2, 0) is 0 Å². The highest BCUT2D eigenvalue weighted by Crippen LogP contribution is 2.20. The van der Waals surface area contributed by atoms with E-state index < -0.39 is 0 Å². The molecule has 0 unspecified atom stereocenters. The van der Waals surface area contributed by atoms with E-state index in [1.807, 2.05) is 12.1 Å². The third-order valence-corrected chi connectivity index (χ3v) is 2.87. The van der Waals surface area contributed by atoms with E-state index in [1.54, 1.807) is 6.20 Å². The Bertz CT molecular complexity index is 337. The summed E-state index contributed by atoms with van der Waals surface area (Å²) in [5.74, 6) is 0. The third-order valence-electron chi connectivity index (χ3n) is 1.80. The Hall–Kier alpha value is -0.190. The van der Waals surface area contributed by atoms with Gasteiger partial charge in [0.1, 0.15) is 0 Å². The quantitative estimate of drug-likeness (QED) is 0.832. The van der Waals surface area contributed by atoms with Gasteiger partial charge in [0.05, 0.1) is 5.69 Å². The number of halogens is 2. The van der Waals surface area contributed by atoms with Crippen molar-refractivity contribution in [3.8, 4) is 0 Å². The maximum absolute atomic E-state index is 4.29. The summed E-state index contributed by atoms with van der Waals surface area (Å²) < 4.78 is 1.99. The van der Waals surface area contributed by atoms with Crippen molar-refractivity contribution < 1.29 is 0 Å². The first-order chi connectivity index (χ1) is 7.24. The van der Waals surface area contributed by atoms with Crippen LogP contribution in [0.4, 0.5) is 0 Å². The molecule has 0 aliphatic rings. The molecule has 0 amide bonds. The number of hydrogen-bond acceptors (Lipinski definition) is 2. The fourth-order valence-electron chi connectivity index (χ4n) is 1.08. The summed E-state index contributed by atoms with van der Waals surface area (Å²) in [6, 6.07) is 1.99. The van der Waals surface area contributed by atoms with Crippen molar-refractivity contribution in [2.24, 2.45) is 0 Å². The van der Waals surface area contributed by atoms with E-state index in [0.29, 0.717) is 0 Å². The molecule has 1 aromatic rings. The Balaban J connectivity index is 2.49. The van der Waals surface area contributed by atoms with Gasteiger partial charge < -0.3 is 5.32 Å². The number of nitrogens with one attached hydrogen (secondary N) is 1. The molecule has 1 heterocycles. The fraction of sp³-hybridized carbons (Fsp3) is 0.364. The van der Waals surface area contributed by atoms with Crippen LogP contribution in [0.15, 0.2) is 27.3 Å². The number of rotatable bonds is 5. The molecule has 0 aliphatic heterocycles. The van der Waals surface area contributed by atoms with Crippen LogP contribution < -0.4 is 5.32 Å². The third kappa shape index (κ3) is 4.91. The Morgan fingerprint density at radius 1 is 1.47 bits per heavy atom. The van der Waals surface area contributed by atoms with Gasteiger partial charge in [0.15, 0.2) is 0 Å². The molecule has 0 radical (unpaired) electrons. The van der Waals surface area contributed by atoms with Gasteiger partial charge in [-0.2, -0.15) is 0 Å². The molecule has 0 saturated heterocycles. The van der Waals surface area contributed by atoms with Gasteiger partial charge in [-0.1, -0.05) is 13.0 Å². The summed E-state index contributed by atoms with van der Waals surface area (Å²) in [5.41, 5.74) is 0.955. The van der Waals surface area contributed by atoms with Crippen LogP contribution in [0.25, 0.3) is 6.08 Å². The topological polar surface area (TPSA) is 24.9 Å². The molecule has 0 bridgehead atoms. The van der Waals surface area contributed by atoms with E-state index in [1.165, 1.54) is 0 Å². The highest BCUT2D eigenvalue weighted by atomic mass is 79.9. The van der Waals surface area contributed by atoms with Gasteiger partial charge in [-0.15, -0.1) is 0 Å². The number of pyridine rings is 1. The molecule has 4 heteroatoms. The second-order valence-corrected chi connectivity index (χ2v) is 4.90. The molecule has 0 fully saturated rings. The SMILES string of the molecule is CCCNC/C=C/c1ncc(Br)cc1Br. The van der Waals surface area contributed by atoms with Crippen molar-refractivity contribution >= 4 is 37.9 Å². The largest absolute Gasteiger partial charge is 0.313 e. The lowest BCUT2D eigenvalue weighted by Crippen LogP contribution is -2.13. The van der Waals surface area contributed by atoms with Crippen LogP contribution in [0.2, 0.25) is 0 Å². The lowest BCUT2D eigenvalue weighted by atomic mass is 10.3. The van der Waals surface area contributed by atoms with E-state index in [-0.39, 0.29) is 0 Å². The van der Waals surface area contributed by atoms with Gasteiger partial charge in [-0.3, -0.25) is 4.98 Å². The molecular formula is C11H14Br2N2. The molecule has 0 aromatic carbocycles. The molecule has 0 atom stereocenters. The smallest absolute Gasteiger partial charge is 0.0769 e. The number of hydrogen-bond donors (Lipinski definition) is 1. The van der Waals surface area contributed by atoms with Crippen LogP contribution in [0.1, 0.15) is 19.0 Å². The van der Waals surface area contributed by atoms with Crippen LogP contribution in [0.3, 0.4) is 0 Å². The van der Waals surface area contributed by atoms with Gasteiger partial charge in [0.25, 0.3) is 0 Å². The summed E-state index contributed by atoms with van der Waals surface area (Å²) in [7, 11) is 0. The van der Waals surface area contributed by atoms with Crippen LogP contribution in [-0.4, -0.2) is 18.1 Å². The normalized spacial score (nSPS) is 11.1. The highest BCUT2D eigenvalue weighted by Gasteiger charge is 1.97. The lowest BCUT2D eigenvalue weighted by molar-refractivity contribution is 0.730. The zero-order valence-electron chi connectivity index (χ0n) is 8.63. The maximum atomic E-state index is 4.29. The molecule has 1 N–H and O–H groups in total. The average Bonchev–Trinajstić information content (AvgIpc) is 2.20. The Kier molecular flexibility index (Phi) is 6.13. The summed E-state index contributed by atoms with van der Waals surface area (Å²) in [4.78, 5) is 4.29. The van der Waals surface area contributed by atoms with Crippen molar-refractivity contribution in [2.75, 3.05) is 13.1 Å². The molecule has 2 nitrogen and oxygen atoms in total. The number of nitrogens with zero attached hydrogens (tertiary/aromatic N) is 1. The molecule has 0 spiro atoms. The Labute approximate surface area is 107 Å². The summed E-state index contributed by atoms with van der Waals surface area (Å²) in [5, 5.41) is 3.30. The van der Waals surface area contributed by atoms with Crippen molar-refractivity contribution in [1.29, 1.82) is 0 Å². The second kappa shape index (κ2) is 7.14. The van der Waals surface area contributed by atoms with Crippen molar-refractivity contribution in [2.45, 2.75) is 13.3 Å². The van der Waals surface area contributed by atoms with E-state index in [9.17, 15) is 0 Å². The predicted octanol–water partition coefficient (Wildman–Crippen LogP) is 3.62. The van der Waals surface area contributed by atoms with Crippen LogP contribution in [0, 0.1) is 0 Å². The second-order valence-electron chi connectivity index (χ2n) is 3.13. The fourth-order valence-corrected chi connectivity index (χ4v) is 2.20. The summed E-state index contributed by atoms with van der Waals surface area (Å²) in [6.07, 6.45) is 7.05. The molecule has 1 aromatic heterocycles. The Morgan fingerprint density at radius 3 is 2.93 bits per heavy atom. The molecule has 0 saturated carbocycles. The highest BCUT2D eigenvalue weighted by molar-refractivity contribution is 9.11. The van der Waals surface area contributed by atoms with Crippen LogP contribution >= 0.6 is 31.9 Å². The molecule has 1 rings (SSSR count). The zero-order chi connectivity index (χ0) is 11.1. The standard InChI is InChI=1S/C11H14Br2N2/c1-2-5-14-6-3-4-11-10(13)7-9(12)8-15-11/h3-4,7-8,14H,2,5-6H2,1H3/b4-3+. The molecule has 82 valence electrons. The van der Waals surface area contributed by atoms with E-state index in [4.69, 9.17) is 0 Å². The average molecular weight is 334 g/mol.